The van der Waals surface area contributed by atoms with Crippen molar-refractivity contribution in [3.05, 3.63) is 65.5 Å². The molecule has 8 heteroatoms. The molecule has 1 atom stereocenters. The van der Waals surface area contributed by atoms with Gasteiger partial charge in [0, 0.05) is 25.2 Å². The zero-order chi connectivity index (χ0) is 22.0. The molecule has 162 valence electrons. The molecule has 0 bridgehead atoms. The first-order valence-electron chi connectivity index (χ1n) is 10.2. The number of hydrogen-bond acceptors (Lipinski definition) is 4. The summed E-state index contributed by atoms with van der Waals surface area (Å²) in [6.07, 6.45) is 0.600. The molecule has 2 aromatic carbocycles. The molecule has 0 saturated carbocycles. The van der Waals surface area contributed by atoms with Crippen LogP contribution in [0.15, 0.2) is 48.5 Å². The summed E-state index contributed by atoms with van der Waals surface area (Å²) in [5, 5.41) is 0. The minimum Gasteiger partial charge on any atom is -0.497 e. The van der Waals surface area contributed by atoms with Crippen molar-refractivity contribution in [1.82, 2.24) is 14.7 Å². The number of ether oxygens (including phenoxy) is 1. The Labute approximate surface area is 180 Å². The number of rotatable bonds is 4. The monoisotopic (exact) mass is 425 g/mol. The fourth-order valence-electron chi connectivity index (χ4n) is 4.11. The van der Waals surface area contributed by atoms with Crippen molar-refractivity contribution in [1.29, 1.82) is 0 Å². The van der Waals surface area contributed by atoms with E-state index in [1.165, 1.54) is 24.1 Å². The number of carbonyl (C=O) groups is 3. The van der Waals surface area contributed by atoms with Crippen LogP contribution in [0.4, 0.5) is 4.39 Å². The first-order chi connectivity index (χ1) is 15.0. The van der Waals surface area contributed by atoms with Crippen LogP contribution in [-0.2, 0) is 16.1 Å². The predicted octanol–water partition coefficient (Wildman–Crippen LogP) is 1.92. The van der Waals surface area contributed by atoms with E-state index >= 15 is 0 Å². The van der Waals surface area contributed by atoms with E-state index in [2.05, 4.69) is 0 Å². The molecule has 2 saturated heterocycles. The highest BCUT2D eigenvalue weighted by Crippen LogP contribution is 2.22. The van der Waals surface area contributed by atoms with Gasteiger partial charge in [0.2, 0.25) is 11.8 Å². The van der Waals surface area contributed by atoms with Crippen LogP contribution in [0.3, 0.4) is 0 Å². The van der Waals surface area contributed by atoms with Gasteiger partial charge in [0.25, 0.3) is 5.91 Å². The van der Waals surface area contributed by atoms with E-state index in [4.69, 9.17) is 4.74 Å². The van der Waals surface area contributed by atoms with Crippen LogP contribution < -0.4 is 4.74 Å². The van der Waals surface area contributed by atoms with Crippen molar-refractivity contribution in [3.8, 4) is 5.75 Å². The van der Waals surface area contributed by atoms with Crippen LogP contribution >= 0.6 is 0 Å². The second-order valence-corrected chi connectivity index (χ2v) is 7.76. The van der Waals surface area contributed by atoms with E-state index in [-0.39, 0.29) is 43.2 Å². The zero-order valence-electron chi connectivity index (χ0n) is 17.3. The molecule has 3 amide bonds. The van der Waals surface area contributed by atoms with E-state index < -0.39 is 6.04 Å². The van der Waals surface area contributed by atoms with E-state index in [9.17, 15) is 18.8 Å². The quantitative estimate of drug-likeness (QED) is 0.751. The largest absolute Gasteiger partial charge is 0.497 e. The zero-order valence-corrected chi connectivity index (χ0v) is 17.3. The third-order valence-electron chi connectivity index (χ3n) is 5.73. The van der Waals surface area contributed by atoms with E-state index in [1.807, 2.05) is 0 Å². The van der Waals surface area contributed by atoms with Gasteiger partial charge in [0.15, 0.2) is 0 Å². The average molecular weight is 425 g/mol. The maximum Gasteiger partial charge on any atom is 0.254 e. The van der Waals surface area contributed by atoms with Gasteiger partial charge in [-0.05, 0) is 42.3 Å². The summed E-state index contributed by atoms with van der Waals surface area (Å²) in [6.45, 7) is 1.24. The topological polar surface area (TPSA) is 70.2 Å². The summed E-state index contributed by atoms with van der Waals surface area (Å²) < 4.78 is 18.4. The molecule has 2 fully saturated rings. The van der Waals surface area contributed by atoms with Crippen molar-refractivity contribution in [2.45, 2.75) is 19.0 Å². The third kappa shape index (κ3) is 4.38. The van der Waals surface area contributed by atoms with Crippen molar-refractivity contribution in [3.63, 3.8) is 0 Å². The van der Waals surface area contributed by atoms with Crippen LogP contribution in [0.1, 0.15) is 22.3 Å². The first kappa shape index (κ1) is 20.8. The number of halogens is 1. The summed E-state index contributed by atoms with van der Waals surface area (Å²) in [4.78, 5) is 43.8. The van der Waals surface area contributed by atoms with Gasteiger partial charge in [-0.1, -0.05) is 18.2 Å². The Bertz CT molecular complexity index is 995. The van der Waals surface area contributed by atoms with Crippen molar-refractivity contribution >= 4 is 17.7 Å². The standard InChI is InChI=1S/C23H24FN3O4/c1-31-19-5-2-4-17(12-19)22(29)25-10-3-11-27-20(14-25)23(30)26(15-21(27)28)13-16-6-8-18(24)9-7-16/h2,4-9,12,20H,3,10-11,13-15H2,1H3. The Morgan fingerprint density at radius 1 is 1.13 bits per heavy atom. The molecule has 1 unspecified atom stereocenters. The smallest absolute Gasteiger partial charge is 0.254 e. The highest BCUT2D eigenvalue weighted by atomic mass is 19.1. The van der Waals surface area contributed by atoms with Gasteiger partial charge in [-0.2, -0.15) is 0 Å². The number of nitrogens with zero attached hydrogens (tertiary/aromatic N) is 3. The SMILES string of the molecule is COc1cccc(C(=O)N2CCCN3C(=O)CN(Cc4ccc(F)cc4)C(=O)C3C2)c1. The van der Waals surface area contributed by atoms with E-state index in [0.717, 1.165) is 5.56 Å². The maximum absolute atomic E-state index is 13.2. The number of fused-ring (bicyclic) bond motifs is 1. The molecule has 0 N–H and O–H groups in total. The molecule has 2 aliphatic rings. The van der Waals surface area contributed by atoms with Crippen molar-refractivity contribution in [2.75, 3.05) is 33.3 Å². The molecule has 2 aromatic rings. The molecule has 0 aliphatic carbocycles. The normalized spacial score (nSPS) is 19.2. The second kappa shape index (κ2) is 8.75. The third-order valence-corrected chi connectivity index (χ3v) is 5.73. The van der Waals surface area contributed by atoms with Gasteiger partial charge in [0.05, 0.1) is 13.7 Å². The molecular formula is C23H24FN3O4. The highest BCUT2D eigenvalue weighted by Gasteiger charge is 2.42. The average Bonchev–Trinajstić information content (AvgIpc) is 3.02. The lowest BCUT2D eigenvalue weighted by atomic mass is 10.1. The summed E-state index contributed by atoms with van der Waals surface area (Å²) >= 11 is 0. The summed E-state index contributed by atoms with van der Waals surface area (Å²) in [5.74, 6) is -0.309. The number of methoxy groups -OCH3 is 1. The molecular weight excluding hydrogens is 401 g/mol. The van der Waals surface area contributed by atoms with Crippen LogP contribution in [0.5, 0.6) is 5.75 Å². The van der Waals surface area contributed by atoms with E-state index in [1.54, 1.807) is 46.2 Å². The fourth-order valence-corrected chi connectivity index (χ4v) is 4.11. The molecule has 0 aromatic heterocycles. The molecule has 0 spiro atoms. The lowest BCUT2D eigenvalue weighted by Crippen LogP contribution is -2.61. The number of benzene rings is 2. The summed E-state index contributed by atoms with van der Waals surface area (Å²) in [5.41, 5.74) is 1.22. The van der Waals surface area contributed by atoms with Gasteiger partial charge in [-0.25, -0.2) is 4.39 Å². The molecule has 0 radical (unpaired) electrons. The van der Waals surface area contributed by atoms with Gasteiger partial charge in [0.1, 0.15) is 24.2 Å². The molecule has 4 rings (SSSR count). The van der Waals surface area contributed by atoms with Crippen molar-refractivity contribution in [2.24, 2.45) is 0 Å². The summed E-state index contributed by atoms with van der Waals surface area (Å²) in [7, 11) is 1.54. The molecule has 7 nitrogen and oxygen atoms in total. The van der Waals surface area contributed by atoms with Crippen LogP contribution in [-0.4, -0.2) is 71.8 Å². The lowest BCUT2D eigenvalue weighted by Gasteiger charge is -2.40. The van der Waals surface area contributed by atoms with Crippen molar-refractivity contribution < 1.29 is 23.5 Å². The van der Waals surface area contributed by atoms with Crippen LogP contribution in [0.2, 0.25) is 0 Å². The summed E-state index contributed by atoms with van der Waals surface area (Å²) in [6, 6.07) is 12.0. The number of carbonyl (C=O) groups excluding carboxylic acids is 3. The predicted molar refractivity (Wildman–Crippen MR) is 111 cm³/mol. The minimum atomic E-state index is -0.723. The maximum atomic E-state index is 13.2. The highest BCUT2D eigenvalue weighted by molar-refractivity contribution is 5.97. The Hall–Kier alpha value is -3.42. The number of piperazine rings is 1. The molecule has 2 heterocycles. The van der Waals surface area contributed by atoms with Gasteiger partial charge < -0.3 is 19.4 Å². The van der Waals surface area contributed by atoms with Gasteiger partial charge >= 0.3 is 0 Å². The number of hydrogen-bond donors (Lipinski definition) is 0. The molecule has 31 heavy (non-hydrogen) atoms. The molecule has 2 aliphatic heterocycles. The van der Waals surface area contributed by atoms with Gasteiger partial charge in [-0.3, -0.25) is 14.4 Å². The Balaban J connectivity index is 1.53. The van der Waals surface area contributed by atoms with Gasteiger partial charge in [-0.15, -0.1) is 0 Å². The van der Waals surface area contributed by atoms with E-state index in [0.29, 0.717) is 30.8 Å². The fraction of sp³-hybridized carbons (Fsp3) is 0.348. The Morgan fingerprint density at radius 2 is 1.90 bits per heavy atom. The lowest BCUT2D eigenvalue weighted by molar-refractivity contribution is -0.156. The Morgan fingerprint density at radius 3 is 2.65 bits per heavy atom. The number of amides is 3. The minimum absolute atomic E-state index is 0.0173. The van der Waals surface area contributed by atoms with Crippen LogP contribution in [0, 0.1) is 5.82 Å². The second-order valence-electron chi connectivity index (χ2n) is 7.76. The Kier molecular flexibility index (Phi) is 5.88. The first-order valence-corrected chi connectivity index (χ1v) is 10.2. The van der Waals surface area contributed by atoms with Crippen LogP contribution in [0.25, 0.3) is 0 Å².